The lowest BCUT2D eigenvalue weighted by molar-refractivity contribution is -0.111. The molecule has 0 aliphatic rings. The monoisotopic (exact) mass is 197 g/mol. The topological polar surface area (TPSA) is 68.3 Å². The third-order valence-corrected chi connectivity index (χ3v) is 2.09. The van der Waals surface area contributed by atoms with Crippen molar-refractivity contribution in [2.45, 2.75) is 13.8 Å². The van der Waals surface area contributed by atoms with E-state index in [-0.39, 0.29) is 5.78 Å². The zero-order chi connectivity index (χ0) is 9.84. The predicted molar refractivity (Wildman–Crippen MR) is 54.3 cm³/mol. The fraction of sp³-hybridized carbons (Fsp3) is 0.375. The van der Waals surface area contributed by atoms with Crippen LogP contribution >= 0.6 is 11.3 Å². The van der Waals surface area contributed by atoms with Gasteiger partial charge in [0, 0.05) is 18.8 Å². The van der Waals surface area contributed by atoms with Gasteiger partial charge >= 0.3 is 0 Å². The van der Waals surface area contributed by atoms with Crippen LogP contribution in [0.2, 0.25) is 0 Å². The minimum Gasteiger partial charge on any atom is -0.375 e. The summed E-state index contributed by atoms with van der Waals surface area (Å²) >= 11 is 1.31. The van der Waals surface area contributed by atoms with Gasteiger partial charge in [-0.1, -0.05) is 0 Å². The van der Waals surface area contributed by atoms with E-state index in [1.807, 2.05) is 6.92 Å². The minimum absolute atomic E-state index is 0.0767. The molecule has 1 aromatic heterocycles. The van der Waals surface area contributed by atoms with E-state index in [1.165, 1.54) is 18.3 Å². The summed E-state index contributed by atoms with van der Waals surface area (Å²) in [6.07, 6.45) is 0. The molecule has 0 aliphatic carbocycles. The lowest BCUT2D eigenvalue weighted by Crippen LogP contribution is -2.12. The molecular formula is C8H11N3OS. The van der Waals surface area contributed by atoms with Gasteiger partial charge in [0.2, 0.25) is 0 Å². The molecule has 0 amide bonds. The molecule has 0 bridgehead atoms. The van der Waals surface area contributed by atoms with Crippen molar-refractivity contribution in [3.05, 3.63) is 11.1 Å². The molecule has 0 saturated heterocycles. The first-order chi connectivity index (χ1) is 6.15. The molecule has 0 aliphatic heterocycles. The van der Waals surface area contributed by atoms with Crippen molar-refractivity contribution < 1.29 is 4.79 Å². The average molecular weight is 197 g/mol. The van der Waals surface area contributed by atoms with E-state index < -0.39 is 0 Å². The van der Waals surface area contributed by atoms with Gasteiger partial charge in [-0.25, -0.2) is 4.98 Å². The number of hydrogen-bond acceptors (Lipinski definition) is 5. The standard InChI is InChI=1S/C8H11N3OS/c1-3-10-7(5(2)12)6-4-13-8(9)11-6/h4H,3H2,1-2H3,(H2,9,11). The van der Waals surface area contributed by atoms with E-state index in [1.54, 1.807) is 5.38 Å². The van der Waals surface area contributed by atoms with E-state index in [2.05, 4.69) is 9.98 Å². The molecule has 70 valence electrons. The maximum absolute atomic E-state index is 11.1. The molecular weight excluding hydrogens is 186 g/mol. The molecule has 0 unspecified atom stereocenters. The summed E-state index contributed by atoms with van der Waals surface area (Å²) in [7, 11) is 0. The third kappa shape index (κ3) is 2.35. The fourth-order valence-corrected chi connectivity index (χ4v) is 1.47. The third-order valence-electron chi connectivity index (χ3n) is 1.41. The number of carbonyl (C=O) groups excluding carboxylic acids is 1. The number of aliphatic imine (C=N–C) groups is 1. The van der Waals surface area contributed by atoms with Crippen molar-refractivity contribution in [3.63, 3.8) is 0 Å². The van der Waals surface area contributed by atoms with Crippen LogP contribution in [0.1, 0.15) is 19.5 Å². The second-order valence-electron chi connectivity index (χ2n) is 2.45. The number of nitrogens with two attached hydrogens (primary N) is 1. The Balaban J connectivity index is 3.02. The largest absolute Gasteiger partial charge is 0.375 e. The predicted octanol–water partition coefficient (Wildman–Crippen LogP) is 1.12. The lowest BCUT2D eigenvalue weighted by atomic mass is 10.2. The van der Waals surface area contributed by atoms with E-state index in [9.17, 15) is 4.79 Å². The van der Waals surface area contributed by atoms with Crippen LogP contribution in [0.4, 0.5) is 5.13 Å². The number of thiazole rings is 1. The van der Waals surface area contributed by atoms with Gasteiger partial charge in [-0.05, 0) is 6.92 Å². The molecule has 13 heavy (non-hydrogen) atoms. The molecule has 1 heterocycles. The summed E-state index contributed by atoms with van der Waals surface area (Å²) in [5.74, 6) is -0.0767. The van der Waals surface area contributed by atoms with Gasteiger partial charge in [-0.3, -0.25) is 9.79 Å². The number of anilines is 1. The van der Waals surface area contributed by atoms with Crippen LogP contribution in [0.3, 0.4) is 0 Å². The Kier molecular flexibility index (Phi) is 3.13. The molecule has 2 N–H and O–H groups in total. The minimum atomic E-state index is -0.0767. The highest BCUT2D eigenvalue weighted by molar-refractivity contribution is 7.13. The van der Waals surface area contributed by atoms with E-state index in [4.69, 9.17) is 5.73 Å². The van der Waals surface area contributed by atoms with Crippen molar-refractivity contribution in [2.24, 2.45) is 4.99 Å². The van der Waals surface area contributed by atoms with Crippen LogP contribution in [0.15, 0.2) is 10.4 Å². The summed E-state index contributed by atoms with van der Waals surface area (Å²) in [6, 6.07) is 0. The lowest BCUT2D eigenvalue weighted by Gasteiger charge is -1.96. The smallest absolute Gasteiger partial charge is 0.180 e. The normalized spacial score (nSPS) is 11.7. The second kappa shape index (κ2) is 4.13. The molecule has 0 fully saturated rings. The number of hydrogen-bond donors (Lipinski definition) is 1. The number of nitrogens with zero attached hydrogens (tertiary/aromatic N) is 2. The molecule has 1 rings (SSSR count). The van der Waals surface area contributed by atoms with Crippen LogP contribution in [0.25, 0.3) is 0 Å². The molecule has 0 aromatic carbocycles. The van der Waals surface area contributed by atoms with E-state index in [0.717, 1.165) is 0 Å². The van der Waals surface area contributed by atoms with Crippen LogP contribution < -0.4 is 5.73 Å². The molecule has 0 radical (unpaired) electrons. The van der Waals surface area contributed by atoms with Crippen LogP contribution in [0, 0.1) is 0 Å². The number of nitrogen functional groups attached to an aromatic ring is 1. The zero-order valence-electron chi connectivity index (χ0n) is 7.57. The Labute approximate surface area is 80.5 Å². The molecule has 0 spiro atoms. The van der Waals surface area contributed by atoms with Gasteiger partial charge in [0.15, 0.2) is 10.9 Å². The van der Waals surface area contributed by atoms with Crippen LogP contribution in [-0.2, 0) is 4.79 Å². The molecule has 4 nitrogen and oxygen atoms in total. The highest BCUT2D eigenvalue weighted by atomic mass is 32.1. The van der Waals surface area contributed by atoms with E-state index >= 15 is 0 Å². The first-order valence-electron chi connectivity index (χ1n) is 3.92. The number of Topliss-reactive ketones (excluding diaryl/α,β-unsaturated/α-hetero) is 1. The number of carbonyl (C=O) groups is 1. The highest BCUT2D eigenvalue weighted by Gasteiger charge is 2.11. The Bertz CT molecular complexity index is 343. The molecule has 1 aromatic rings. The quantitative estimate of drug-likeness (QED) is 0.738. The number of ketones is 1. The van der Waals surface area contributed by atoms with Crippen LogP contribution in [-0.4, -0.2) is 23.0 Å². The number of rotatable bonds is 3. The van der Waals surface area contributed by atoms with Gasteiger partial charge in [-0.15, -0.1) is 11.3 Å². The Morgan fingerprint density at radius 3 is 2.85 bits per heavy atom. The van der Waals surface area contributed by atoms with Gasteiger partial charge < -0.3 is 5.73 Å². The van der Waals surface area contributed by atoms with Crippen molar-refractivity contribution in [2.75, 3.05) is 12.3 Å². The highest BCUT2D eigenvalue weighted by Crippen LogP contribution is 2.12. The van der Waals surface area contributed by atoms with Crippen molar-refractivity contribution in [3.8, 4) is 0 Å². The van der Waals surface area contributed by atoms with Crippen LogP contribution in [0.5, 0.6) is 0 Å². The van der Waals surface area contributed by atoms with Crippen molar-refractivity contribution >= 4 is 28.0 Å². The summed E-state index contributed by atoms with van der Waals surface area (Å²) in [6.45, 7) is 3.93. The molecule has 0 atom stereocenters. The summed E-state index contributed by atoms with van der Waals surface area (Å²) in [4.78, 5) is 19.2. The summed E-state index contributed by atoms with van der Waals surface area (Å²) in [5, 5.41) is 2.20. The average Bonchev–Trinajstić information content (AvgIpc) is 2.46. The Morgan fingerprint density at radius 2 is 2.46 bits per heavy atom. The summed E-state index contributed by atoms with van der Waals surface area (Å²) < 4.78 is 0. The molecule has 0 saturated carbocycles. The summed E-state index contributed by atoms with van der Waals surface area (Å²) in [5.41, 5.74) is 6.45. The Hall–Kier alpha value is -1.23. The number of aromatic nitrogens is 1. The maximum atomic E-state index is 11.1. The van der Waals surface area contributed by atoms with Gasteiger partial charge in [0.25, 0.3) is 0 Å². The molecule has 5 heteroatoms. The first kappa shape index (κ1) is 9.85. The van der Waals surface area contributed by atoms with Gasteiger partial charge in [0.1, 0.15) is 11.4 Å². The Morgan fingerprint density at radius 1 is 1.77 bits per heavy atom. The maximum Gasteiger partial charge on any atom is 0.180 e. The fourth-order valence-electron chi connectivity index (χ4n) is 0.927. The second-order valence-corrected chi connectivity index (χ2v) is 3.34. The SMILES string of the molecule is CCN=C(C(C)=O)c1csc(N)n1. The van der Waals surface area contributed by atoms with Crippen molar-refractivity contribution in [1.82, 2.24) is 4.98 Å². The zero-order valence-corrected chi connectivity index (χ0v) is 8.39. The van der Waals surface area contributed by atoms with Gasteiger partial charge in [0.05, 0.1) is 0 Å². The van der Waals surface area contributed by atoms with E-state index in [0.29, 0.717) is 23.1 Å². The first-order valence-corrected chi connectivity index (χ1v) is 4.80. The van der Waals surface area contributed by atoms with Gasteiger partial charge in [-0.2, -0.15) is 0 Å². The van der Waals surface area contributed by atoms with Crippen molar-refractivity contribution in [1.29, 1.82) is 0 Å².